The van der Waals surface area contributed by atoms with Crippen LogP contribution in [0.4, 0.5) is 19.0 Å². The fourth-order valence-corrected chi connectivity index (χ4v) is 3.54. The second kappa shape index (κ2) is 9.34. The lowest BCUT2D eigenvalue weighted by atomic mass is 10.0. The molecule has 3 heterocycles. The van der Waals surface area contributed by atoms with Crippen LogP contribution in [0.2, 0.25) is 0 Å². The Hall–Kier alpha value is -3.13. The van der Waals surface area contributed by atoms with E-state index in [4.69, 9.17) is 11.5 Å². The Balaban J connectivity index is 1.86. The van der Waals surface area contributed by atoms with Gasteiger partial charge in [-0.05, 0) is 25.3 Å². The highest BCUT2D eigenvalue weighted by Gasteiger charge is 2.37. The molecule has 8 nitrogen and oxygen atoms in total. The maximum atomic E-state index is 13.6. The van der Waals surface area contributed by atoms with Gasteiger partial charge in [0.1, 0.15) is 17.5 Å². The Morgan fingerprint density at radius 2 is 2.00 bits per heavy atom. The van der Waals surface area contributed by atoms with E-state index in [0.717, 1.165) is 18.7 Å². The van der Waals surface area contributed by atoms with Crippen LogP contribution in [-0.2, 0) is 11.0 Å². The van der Waals surface area contributed by atoms with Crippen molar-refractivity contribution in [3.63, 3.8) is 0 Å². The number of nitrogens with two attached hydrogens (primary N) is 2. The molecule has 0 saturated carbocycles. The normalized spacial score (nSPS) is 18.2. The summed E-state index contributed by atoms with van der Waals surface area (Å²) >= 11 is 0. The second-order valence-corrected chi connectivity index (χ2v) is 7.42. The molecule has 0 bridgehead atoms. The second-order valence-electron chi connectivity index (χ2n) is 7.42. The van der Waals surface area contributed by atoms with E-state index in [-0.39, 0.29) is 35.6 Å². The largest absolute Gasteiger partial charge is 0.417 e. The van der Waals surface area contributed by atoms with Crippen molar-refractivity contribution in [1.82, 2.24) is 9.88 Å². The summed E-state index contributed by atoms with van der Waals surface area (Å²) in [6.45, 7) is 2.08. The Kier molecular flexibility index (Phi) is 6.80. The Morgan fingerprint density at radius 1 is 1.32 bits per heavy atom. The van der Waals surface area contributed by atoms with Crippen LogP contribution >= 0.6 is 0 Å². The van der Waals surface area contributed by atoms with Crippen LogP contribution in [0.1, 0.15) is 36.1 Å². The van der Waals surface area contributed by atoms with Gasteiger partial charge in [-0.15, -0.1) is 0 Å². The third kappa shape index (κ3) is 4.96. The summed E-state index contributed by atoms with van der Waals surface area (Å²) in [5.74, 6) is -0.107. The molecular weight excluding hydrogens is 411 g/mol. The van der Waals surface area contributed by atoms with Gasteiger partial charge in [-0.25, -0.2) is 4.98 Å². The van der Waals surface area contributed by atoms with Gasteiger partial charge in [0.25, 0.3) is 0 Å². The molecule has 0 unspecified atom stereocenters. The fourth-order valence-electron chi connectivity index (χ4n) is 3.54. The highest BCUT2D eigenvalue weighted by Crippen LogP contribution is 2.37. The van der Waals surface area contributed by atoms with Crippen LogP contribution in [0.5, 0.6) is 0 Å². The maximum Gasteiger partial charge on any atom is 0.417 e. The number of hydrogen-bond acceptors (Lipinski definition) is 7. The molecule has 1 amide bonds. The summed E-state index contributed by atoms with van der Waals surface area (Å²) in [5.41, 5.74) is 9.78. The number of rotatable bonds is 5. The quantitative estimate of drug-likeness (QED) is 0.676. The van der Waals surface area contributed by atoms with Crippen LogP contribution in [-0.4, -0.2) is 60.8 Å². The van der Waals surface area contributed by atoms with Crippen LogP contribution in [0.3, 0.4) is 0 Å². The first-order valence-corrected chi connectivity index (χ1v) is 9.99. The molecule has 3 rings (SSSR count). The summed E-state index contributed by atoms with van der Waals surface area (Å²) in [6, 6.07) is 2.41. The number of anilines is 1. The van der Waals surface area contributed by atoms with Gasteiger partial charge in [-0.1, -0.05) is 0 Å². The molecule has 166 valence electrons. The standard InChI is InChI=1S/C20H24F3N7O/c21-20(22,23)16-8-17(28-19(15(16)10-25)30-4-1-5-30)13(9-24)12-27-14-2-6-29(7-3-14)18(31)11-26/h8-9,12,14H,1-7,11,24,26H2. The molecule has 2 aliphatic heterocycles. The predicted octanol–water partition coefficient (Wildman–Crippen LogP) is 1.50. The van der Waals surface area contributed by atoms with Gasteiger partial charge >= 0.3 is 6.18 Å². The monoisotopic (exact) mass is 435 g/mol. The fraction of sp³-hybridized carbons (Fsp3) is 0.500. The number of nitrogens with zero attached hydrogens (tertiary/aromatic N) is 5. The van der Waals surface area contributed by atoms with Crippen molar-refractivity contribution >= 4 is 23.5 Å². The maximum absolute atomic E-state index is 13.6. The van der Waals surface area contributed by atoms with Crippen molar-refractivity contribution in [1.29, 1.82) is 5.26 Å². The van der Waals surface area contributed by atoms with Gasteiger partial charge in [0, 0.05) is 44.2 Å². The summed E-state index contributed by atoms with van der Waals surface area (Å²) in [6.07, 6.45) is -0.0714. The minimum Gasteiger partial charge on any atom is -0.404 e. The number of aromatic nitrogens is 1. The number of aliphatic imine (C=N–C) groups is 1. The summed E-state index contributed by atoms with van der Waals surface area (Å²) in [4.78, 5) is 23.7. The van der Waals surface area contributed by atoms with Gasteiger partial charge in [0.05, 0.1) is 23.8 Å². The number of carbonyl (C=O) groups is 1. The van der Waals surface area contributed by atoms with E-state index in [1.807, 2.05) is 0 Å². The Bertz CT molecular complexity index is 924. The van der Waals surface area contributed by atoms with E-state index in [2.05, 4.69) is 9.98 Å². The van der Waals surface area contributed by atoms with Crippen molar-refractivity contribution in [2.24, 2.45) is 16.5 Å². The third-order valence-electron chi connectivity index (χ3n) is 5.46. The van der Waals surface area contributed by atoms with Gasteiger partial charge in [0.15, 0.2) is 0 Å². The molecule has 31 heavy (non-hydrogen) atoms. The average Bonchev–Trinajstić information content (AvgIpc) is 2.72. The Labute approximate surface area is 178 Å². The van der Waals surface area contributed by atoms with Crippen molar-refractivity contribution in [3.8, 4) is 6.07 Å². The number of pyridine rings is 1. The number of carbonyl (C=O) groups excluding carboxylic acids is 1. The van der Waals surface area contributed by atoms with Crippen LogP contribution in [0.25, 0.3) is 5.57 Å². The summed E-state index contributed by atoms with van der Waals surface area (Å²) in [7, 11) is 0. The molecule has 1 aromatic rings. The molecular formula is C20H24F3N7O. The first-order valence-electron chi connectivity index (χ1n) is 9.99. The first kappa shape index (κ1) is 22.6. The van der Waals surface area contributed by atoms with Crippen LogP contribution in [0.15, 0.2) is 17.3 Å². The molecule has 4 N–H and O–H groups in total. The van der Waals surface area contributed by atoms with Crippen LogP contribution < -0.4 is 16.4 Å². The SMILES string of the molecule is N#Cc1c(C(F)(F)F)cc(C(C=NC2CCN(C(=O)CN)CC2)=CN)nc1N1CCC1. The minimum atomic E-state index is -4.71. The van der Waals surface area contributed by atoms with E-state index in [1.54, 1.807) is 15.9 Å². The molecule has 2 aliphatic rings. The molecule has 0 aromatic carbocycles. The number of halogens is 3. The summed E-state index contributed by atoms with van der Waals surface area (Å²) in [5, 5.41) is 9.35. The topological polar surface area (TPSA) is 125 Å². The van der Waals surface area contributed by atoms with Gasteiger partial charge in [-0.2, -0.15) is 18.4 Å². The average molecular weight is 435 g/mol. The van der Waals surface area contributed by atoms with Gasteiger partial charge < -0.3 is 21.3 Å². The zero-order valence-corrected chi connectivity index (χ0v) is 16.9. The van der Waals surface area contributed by atoms with E-state index >= 15 is 0 Å². The lowest BCUT2D eigenvalue weighted by Gasteiger charge is -2.33. The number of amides is 1. The number of hydrogen-bond donors (Lipinski definition) is 2. The number of nitriles is 1. The molecule has 0 aliphatic carbocycles. The van der Waals surface area contributed by atoms with E-state index in [0.29, 0.717) is 39.0 Å². The zero-order chi connectivity index (χ0) is 22.6. The van der Waals surface area contributed by atoms with Crippen molar-refractivity contribution in [2.45, 2.75) is 31.5 Å². The van der Waals surface area contributed by atoms with Gasteiger partial charge in [0.2, 0.25) is 5.91 Å². The number of likely N-dealkylation sites (tertiary alicyclic amines) is 1. The molecule has 2 saturated heterocycles. The highest BCUT2D eigenvalue weighted by atomic mass is 19.4. The molecule has 0 atom stereocenters. The van der Waals surface area contributed by atoms with Crippen molar-refractivity contribution in [2.75, 3.05) is 37.6 Å². The van der Waals surface area contributed by atoms with Crippen molar-refractivity contribution in [3.05, 3.63) is 29.1 Å². The highest BCUT2D eigenvalue weighted by molar-refractivity contribution is 6.09. The smallest absolute Gasteiger partial charge is 0.404 e. The third-order valence-corrected chi connectivity index (χ3v) is 5.46. The lowest BCUT2D eigenvalue weighted by molar-refractivity contribution is -0.137. The Morgan fingerprint density at radius 3 is 2.48 bits per heavy atom. The van der Waals surface area contributed by atoms with E-state index in [9.17, 15) is 23.2 Å². The molecule has 0 spiro atoms. The molecule has 0 radical (unpaired) electrons. The number of allylic oxidation sites excluding steroid dienone is 1. The van der Waals surface area contributed by atoms with E-state index < -0.39 is 17.3 Å². The van der Waals surface area contributed by atoms with Crippen molar-refractivity contribution < 1.29 is 18.0 Å². The van der Waals surface area contributed by atoms with E-state index in [1.165, 1.54) is 6.21 Å². The number of piperidine rings is 1. The van der Waals surface area contributed by atoms with Crippen LogP contribution in [0, 0.1) is 11.3 Å². The molecule has 1 aromatic heterocycles. The minimum absolute atomic E-state index is 0.00946. The summed E-state index contributed by atoms with van der Waals surface area (Å²) < 4.78 is 40.9. The van der Waals surface area contributed by atoms with Gasteiger partial charge in [-0.3, -0.25) is 9.79 Å². The molecule has 11 heteroatoms. The molecule has 2 fully saturated rings. The first-order chi connectivity index (χ1) is 14.8. The number of alkyl halides is 3. The zero-order valence-electron chi connectivity index (χ0n) is 16.9. The predicted molar refractivity (Wildman–Crippen MR) is 110 cm³/mol. The lowest BCUT2D eigenvalue weighted by Crippen LogP contribution is -2.42.